The lowest BCUT2D eigenvalue weighted by Gasteiger charge is -2.77. The number of halogens is 1. The average molecular weight is 909 g/mol. The summed E-state index contributed by atoms with van der Waals surface area (Å²) in [6.07, 6.45) is 0. The van der Waals surface area contributed by atoms with Crippen molar-refractivity contribution >= 4 is 66.5 Å². The van der Waals surface area contributed by atoms with Crippen LogP contribution in [0.3, 0.4) is 0 Å². The van der Waals surface area contributed by atoms with Gasteiger partial charge < -0.3 is 16.9 Å². The van der Waals surface area contributed by atoms with Crippen molar-refractivity contribution in [3.05, 3.63) is 117 Å². The highest BCUT2D eigenvalue weighted by Crippen LogP contribution is 2.60. The van der Waals surface area contributed by atoms with E-state index >= 15 is 0 Å². The Labute approximate surface area is 382 Å². The van der Waals surface area contributed by atoms with Crippen molar-refractivity contribution in [3.8, 4) is 0 Å². The monoisotopic (exact) mass is 908 g/mol. The van der Waals surface area contributed by atoms with E-state index in [2.05, 4.69) is 227 Å². The highest BCUT2D eigenvalue weighted by atomic mass is 35.6. The summed E-state index contributed by atoms with van der Waals surface area (Å²) in [4.78, 5) is 0. The molecule has 0 N–H and O–H groups in total. The summed E-state index contributed by atoms with van der Waals surface area (Å²) in [5.74, 6) is 2.93. The van der Waals surface area contributed by atoms with Crippen molar-refractivity contribution in [2.45, 2.75) is 184 Å². The molecule has 331 valence electrons. The number of benzene rings is 4. The van der Waals surface area contributed by atoms with Crippen LogP contribution in [0.4, 0.5) is 22.7 Å². The van der Waals surface area contributed by atoms with E-state index in [1.54, 1.807) is 0 Å². The zero-order chi connectivity index (χ0) is 45.4. The van der Waals surface area contributed by atoms with Crippen LogP contribution >= 0.6 is 11.1 Å². The Kier molecular flexibility index (Phi) is 13.5. The van der Waals surface area contributed by atoms with Gasteiger partial charge in [-0.25, -0.2) is 0 Å². The van der Waals surface area contributed by atoms with Crippen LogP contribution in [-0.4, -0.2) is 32.7 Å². The molecule has 1 radical (unpaired) electrons. The van der Waals surface area contributed by atoms with Crippen LogP contribution in [0, 0.1) is 0 Å². The van der Waals surface area contributed by atoms with Crippen LogP contribution < -0.4 is 16.9 Å². The Morgan fingerprint density at radius 1 is 0.344 bits per heavy atom. The second-order valence-electron chi connectivity index (χ2n) is 21.6. The first-order valence-electron chi connectivity index (χ1n) is 23.6. The van der Waals surface area contributed by atoms with E-state index in [0.717, 1.165) is 0 Å². The molecule has 4 nitrogen and oxygen atoms in total. The Morgan fingerprint density at radius 3 is 0.738 bits per heavy atom. The molecular weight excluding hydrogens is 828 g/mol. The summed E-state index contributed by atoms with van der Waals surface area (Å²) in [5.41, 5.74) is 17.5. The van der Waals surface area contributed by atoms with Gasteiger partial charge in [0.2, 0.25) is 16.8 Å². The molecule has 6 rings (SSSR count). The lowest BCUT2D eigenvalue weighted by molar-refractivity contribution is 0.822. The smallest absolute Gasteiger partial charge is 0.380 e. The van der Waals surface area contributed by atoms with Crippen LogP contribution in [0.5, 0.6) is 0 Å². The molecule has 4 aromatic carbocycles. The van der Waals surface area contributed by atoms with Crippen molar-refractivity contribution in [2.75, 3.05) is 16.9 Å². The molecule has 0 bridgehead atoms. The molecule has 9 heteroatoms. The Balaban J connectivity index is 1.88. The third-order valence-corrected chi connectivity index (χ3v) is 42.8. The minimum atomic E-state index is -3.32. The van der Waals surface area contributed by atoms with Gasteiger partial charge in [-0.05, 0) is 118 Å². The molecule has 0 atom stereocenters. The summed E-state index contributed by atoms with van der Waals surface area (Å²) >= 11 is 9.56. The van der Waals surface area contributed by atoms with Crippen molar-refractivity contribution in [2.24, 2.45) is 0 Å². The molecule has 61 heavy (non-hydrogen) atoms. The van der Waals surface area contributed by atoms with Crippen LogP contribution in [0.1, 0.15) is 203 Å². The summed E-state index contributed by atoms with van der Waals surface area (Å²) in [5, 5.41) is 0. The molecule has 2 fully saturated rings. The van der Waals surface area contributed by atoms with Crippen LogP contribution in [0.2, 0.25) is 26.2 Å². The number of hydrogen-bond acceptors (Lipinski definition) is 4. The fraction of sp³-hybridized carbons (Fsp3) is 0.538. The molecule has 4 aromatic rings. The first-order chi connectivity index (χ1) is 28.4. The van der Waals surface area contributed by atoms with Gasteiger partial charge in [0.05, 0.1) is 0 Å². The van der Waals surface area contributed by atoms with E-state index in [0.29, 0.717) is 47.3 Å². The highest BCUT2D eigenvalue weighted by Gasteiger charge is 2.81. The molecule has 0 spiro atoms. The maximum Gasteiger partial charge on any atom is 0.380 e. The maximum absolute atomic E-state index is 9.56. The summed E-state index contributed by atoms with van der Waals surface area (Å²) in [6.45, 7) is 48.9. The van der Waals surface area contributed by atoms with Gasteiger partial charge in [0.15, 0.2) is 0 Å². The van der Waals surface area contributed by atoms with Crippen LogP contribution in [0.15, 0.2) is 72.8 Å². The van der Waals surface area contributed by atoms with Crippen molar-refractivity contribution < 1.29 is 0 Å². The zero-order valence-corrected chi connectivity index (χ0v) is 46.5. The second kappa shape index (κ2) is 17.3. The zero-order valence-electron chi connectivity index (χ0n) is 41.7. The summed E-state index contributed by atoms with van der Waals surface area (Å²) in [6, 6.07) is 28.7. The quantitative estimate of drug-likeness (QED) is 0.0979. The highest BCUT2D eigenvalue weighted by molar-refractivity contribution is 7.69. The maximum atomic E-state index is 9.56. The molecule has 0 amide bonds. The Bertz CT molecular complexity index is 1970. The summed E-state index contributed by atoms with van der Waals surface area (Å²) in [7, 11) is -10.2. The third kappa shape index (κ3) is 7.64. The van der Waals surface area contributed by atoms with Gasteiger partial charge in [0.25, 0.3) is 0 Å². The first kappa shape index (κ1) is 47.7. The molecule has 0 unspecified atom stereocenters. The molecule has 2 heterocycles. The third-order valence-electron chi connectivity index (χ3n) is 13.8. The molecule has 0 saturated carbocycles. The lowest BCUT2D eigenvalue weighted by atomic mass is 9.93. The van der Waals surface area contributed by atoms with Crippen molar-refractivity contribution in [1.29, 1.82) is 0 Å². The number of para-hydroxylation sites is 4. The number of nitrogens with zero attached hydrogens (tertiary/aromatic N) is 4. The van der Waals surface area contributed by atoms with E-state index in [9.17, 15) is 11.1 Å². The van der Waals surface area contributed by atoms with Gasteiger partial charge in [-0.3, -0.25) is 0 Å². The van der Waals surface area contributed by atoms with Gasteiger partial charge in [0.1, 0.15) is 0 Å². The standard InChI is InChI=1S/C52H80ClN4Si4/c1-33(2)41-25-21-26-42(34(3)4)49(41)54-58(55(59(54,17)18)50-43(35(5)6)27-22-28-44(50)36(7)8)61(53)56(51-45(37(9)10)29-23-30-46(51)38(11)12)60(19,20)57(61)52-47(39(13)14)31-24-32-48(52)40(15)16/h21-40H,1-20H3. The van der Waals surface area contributed by atoms with Crippen LogP contribution in [0.25, 0.3) is 0 Å². The second-order valence-corrected chi connectivity index (χ2v) is 40.8. The van der Waals surface area contributed by atoms with E-state index in [-0.39, 0.29) is 0 Å². The number of anilines is 4. The number of hydrogen-bond donors (Lipinski definition) is 0. The van der Waals surface area contributed by atoms with Gasteiger partial charge in [-0.15, -0.1) is 11.1 Å². The van der Waals surface area contributed by atoms with Crippen LogP contribution in [-0.2, 0) is 0 Å². The molecule has 2 saturated heterocycles. The van der Waals surface area contributed by atoms with Gasteiger partial charge in [-0.2, -0.15) is 0 Å². The number of rotatable bonds is 13. The molecule has 0 aliphatic carbocycles. The van der Waals surface area contributed by atoms with Gasteiger partial charge in [0, 0.05) is 22.7 Å². The van der Waals surface area contributed by atoms with E-state index in [1.807, 2.05) is 0 Å². The first-order valence-corrected chi connectivity index (χ1v) is 34.7. The van der Waals surface area contributed by atoms with Gasteiger partial charge >= 0.3 is 15.9 Å². The lowest BCUT2D eigenvalue weighted by Crippen LogP contribution is -3.05. The van der Waals surface area contributed by atoms with E-state index in [1.165, 1.54) is 67.3 Å². The largest absolute Gasteiger partial charge is 0.390 e. The topological polar surface area (TPSA) is 13.0 Å². The fourth-order valence-corrected chi connectivity index (χ4v) is 54.5. The summed E-state index contributed by atoms with van der Waals surface area (Å²) < 4.78 is 12.3. The SMILES string of the molecule is CC(C)c1cccc(C(C)C)c1N1[Si]([Si]2(Cl)N(c3c(C(C)C)cccc3C(C)C)[Si](C)(C)N2c2c(C(C)C)cccc2C(C)C)N(c2c(C(C)C)cccc2C(C)C)[Si]1(C)C. The normalized spacial score (nSPS) is 17.7. The Hall–Kier alpha value is -2.76. The van der Waals surface area contributed by atoms with E-state index < -0.39 is 32.7 Å². The predicted molar refractivity (Wildman–Crippen MR) is 281 cm³/mol. The molecule has 2 aliphatic rings. The fourth-order valence-electron chi connectivity index (χ4n) is 10.7. The Morgan fingerprint density at radius 2 is 0.541 bits per heavy atom. The average Bonchev–Trinajstić information content (AvgIpc) is 3.16. The predicted octanol–water partition coefficient (Wildman–Crippen LogP) is 16.2. The van der Waals surface area contributed by atoms with E-state index in [4.69, 9.17) is 0 Å². The van der Waals surface area contributed by atoms with Crippen molar-refractivity contribution in [3.63, 3.8) is 0 Å². The van der Waals surface area contributed by atoms with Gasteiger partial charge in [-0.1, -0.05) is 184 Å². The molecular formula is C52H80ClN4Si4. The molecule has 2 aliphatic heterocycles. The minimum Gasteiger partial charge on any atom is -0.390 e. The van der Waals surface area contributed by atoms with Crippen molar-refractivity contribution in [1.82, 2.24) is 0 Å². The molecule has 0 aromatic heterocycles. The minimum absolute atomic E-state index is 0.358.